The van der Waals surface area contributed by atoms with Gasteiger partial charge in [0.25, 0.3) is 0 Å². The number of benzene rings is 2. The molecule has 3 aromatic rings. The van der Waals surface area contributed by atoms with Crippen molar-refractivity contribution >= 4 is 11.0 Å². The summed E-state index contributed by atoms with van der Waals surface area (Å²) in [7, 11) is 0. The number of hydrogen-bond acceptors (Lipinski definition) is 2. The molecule has 2 aromatic carbocycles. The second-order valence-corrected chi connectivity index (χ2v) is 4.62. The molecular weight excluding hydrogens is 267 g/mol. The van der Waals surface area contributed by atoms with Crippen LogP contribution in [0.5, 0.6) is 0 Å². The van der Waals surface area contributed by atoms with Crippen LogP contribution in [0.3, 0.4) is 0 Å². The number of rotatable bonds is 2. The largest absolute Gasteiger partial charge is 0.384 e. The molecule has 0 saturated heterocycles. The highest BCUT2D eigenvalue weighted by Crippen LogP contribution is 2.17. The molecule has 1 N–H and O–H groups in total. The van der Waals surface area contributed by atoms with Crippen molar-refractivity contribution in [2.75, 3.05) is 6.61 Å². The first kappa shape index (κ1) is 13.3. The molecule has 0 fully saturated rings. The Morgan fingerprint density at radius 3 is 2.90 bits per heavy atom. The smallest absolute Gasteiger partial charge is 0.124 e. The van der Waals surface area contributed by atoms with Crippen molar-refractivity contribution in [3.8, 4) is 11.8 Å². The number of hydrogen-bond donors (Lipinski definition) is 1. The molecule has 0 atom stereocenters. The summed E-state index contributed by atoms with van der Waals surface area (Å²) < 4.78 is 15.3. The first-order valence-electron chi connectivity index (χ1n) is 6.56. The summed E-state index contributed by atoms with van der Waals surface area (Å²) in [6, 6.07) is 12.3. The summed E-state index contributed by atoms with van der Waals surface area (Å²) in [4.78, 5) is 4.34. The minimum atomic E-state index is -0.337. The number of para-hydroxylation sites is 2. The lowest BCUT2D eigenvalue weighted by Gasteiger charge is -2.07. The molecule has 0 unspecified atom stereocenters. The minimum Gasteiger partial charge on any atom is -0.384 e. The van der Waals surface area contributed by atoms with E-state index in [4.69, 9.17) is 5.11 Å². The summed E-state index contributed by atoms with van der Waals surface area (Å²) in [6.45, 7) is 0.306. The van der Waals surface area contributed by atoms with Crippen LogP contribution in [-0.2, 0) is 6.54 Å². The van der Waals surface area contributed by atoms with Crippen molar-refractivity contribution in [2.45, 2.75) is 6.54 Å². The molecule has 0 aliphatic heterocycles. The van der Waals surface area contributed by atoms with Crippen molar-refractivity contribution in [2.24, 2.45) is 0 Å². The molecule has 0 bridgehead atoms. The van der Waals surface area contributed by atoms with E-state index in [1.807, 2.05) is 28.8 Å². The Bertz CT molecular complexity index is 843. The van der Waals surface area contributed by atoms with E-state index in [1.165, 1.54) is 12.1 Å². The molecule has 1 heterocycles. The molecule has 1 aromatic heterocycles. The van der Waals surface area contributed by atoms with Gasteiger partial charge < -0.3 is 9.67 Å². The van der Waals surface area contributed by atoms with E-state index < -0.39 is 0 Å². The molecule has 4 heteroatoms. The van der Waals surface area contributed by atoms with Gasteiger partial charge in [-0.15, -0.1) is 0 Å². The lowest BCUT2D eigenvalue weighted by molar-refractivity contribution is 0.350. The Balaban J connectivity index is 2.01. The van der Waals surface area contributed by atoms with Crippen molar-refractivity contribution in [1.82, 2.24) is 9.55 Å². The topological polar surface area (TPSA) is 38.0 Å². The van der Waals surface area contributed by atoms with Crippen molar-refractivity contribution in [3.05, 3.63) is 65.7 Å². The first-order valence-corrected chi connectivity index (χ1v) is 6.56. The van der Waals surface area contributed by atoms with E-state index in [-0.39, 0.29) is 12.4 Å². The molecule has 3 nitrogen and oxygen atoms in total. The lowest BCUT2D eigenvalue weighted by atomic mass is 10.1. The number of imidazole rings is 1. The molecular formula is C17H13FN2O. The van der Waals surface area contributed by atoms with Crippen LogP contribution in [0.15, 0.2) is 48.8 Å². The van der Waals surface area contributed by atoms with Gasteiger partial charge in [-0.3, -0.25) is 0 Å². The fourth-order valence-corrected chi connectivity index (χ4v) is 2.26. The maximum absolute atomic E-state index is 13.4. The van der Waals surface area contributed by atoms with Gasteiger partial charge in [0.15, 0.2) is 0 Å². The van der Waals surface area contributed by atoms with Gasteiger partial charge >= 0.3 is 0 Å². The molecule has 0 spiro atoms. The quantitative estimate of drug-likeness (QED) is 0.733. The monoisotopic (exact) mass is 280 g/mol. The highest BCUT2D eigenvalue weighted by molar-refractivity contribution is 5.75. The average molecular weight is 280 g/mol. The maximum Gasteiger partial charge on any atom is 0.124 e. The number of aliphatic hydroxyl groups is 1. The van der Waals surface area contributed by atoms with E-state index >= 15 is 0 Å². The Morgan fingerprint density at radius 2 is 2.05 bits per heavy atom. The summed E-state index contributed by atoms with van der Waals surface area (Å²) in [5, 5.41) is 8.80. The Hall–Kier alpha value is -2.64. The van der Waals surface area contributed by atoms with Crippen LogP contribution in [-0.4, -0.2) is 21.3 Å². The molecule has 3 rings (SSSR count). The average Bonchev–Trinajstić information content (AvgIpc) is 2.91. The van der Waals surface area contributed by atoms with Crippen LogP contribution in [0.25, 0.3) is 11.0 Å². The molecule has 0 aliphatic carbocycles. The predicted octanol–water partition coefficient (Wildman–Crippen LogP) is 2.57. The van der Waals surface area contributed by atoms with Gasteiger partial charge in [0.1, 0.15) is 12.4 Å². The molecule has 0 radical (unpaired) electrons. The summed E-state index contributed by atoms with van der Waals surface area (Å²) in [5.41, 5.74) is 3.41. The standard InChI is InChI=1S/C17H13FN2O/c18-15-8-7-14(13(10-15)4-3-9-21)11-20-12-19-16-5-1-2-6-17(16)20/h1-2,5-8,10,12,21H,9,11H2. The van der Waals surface area contributed by atoms with E-state index in [0.717, 1.165) is 16.6 Å². The summed E-state index contributed by atoms with van der Waals surface area (Å²) >= 11 is 0. The van der Waals surface area contributed by atoms with E-state index in [0.29, 0.717) is 12.1 Å². The molecule has 0 saturated carbocycles. The van der Waals surface area contributed by atoms with Gasteiger partial charge in [-0.25, -0.2) is 9.37 Å². The first-order chi connectivity index (χ1) is 10.3. The van der Waals surface area contributed by atoms with Gasteiger partial charge in [0, 0.05) is 5.56 Å². The highest BCUT2D eigenvalue weighted by atomic mass is 19.1. The third-order valence-electron chi connectivity index (χ3n) is 3.24. The van der Waals surface area contributed by atoms with Gasteiger partial charge in [0.2, 0.25) is 0 Å². The Labute approximate surface area is 121 Å². The van der Waals surface area contributed by atoms with Crippen LogP contribution in [0.4, 0.5) is 4.39 Å². The predicted molar refractivity (Wildman–Crippen MR) is 79.2 cm³/mol. The lowest BCUT2D eigenvalue weighted by Crippen LogP contribution is -2.01. The summed E-state index contributed by atoms with van der Waals surface area (Å²) in [6.07, 6.45) is 1.76. The number of aromatic nitrogens is 2. The number of halogens is 1. The summed E-state index contributed by atoms with van der Waals surface area (Å²) in [5.74, 6) is 5.02. The highest BCUT2D eigenvalue weighted by Gasteiger charge is 2.06. The van der Waals surface area contributed by atoms with Crippen LogP contribution in [0, 0.1) is 17.7 Å². The fraction of sp³-hybridized carbons (Fsp3) is 0.118. The van der Waals surface area contributed by atoms with Crippen molar-refractivity contribution in [1.29, 1.82) is 0 Å². The van der Waals surface area contributed by atoms with Crippen molar-refractivity contribution < 1.29 is 9.50 Å². The zero-order chi connectivity index (χ0) is 14.7. The van der Waals surface area contributed by atoms with Gasteiger partial charge in [-0.1, -0.05) is 30.0 Å². The third kappa shape index (κ3) is 2.78. The molecule has 104 valence electrons. The minimum absolute atomic E-state index is 0.246. The number of nitrogens with zero attached hydrogens (tertiary/aromatic N) is 2. The van der Waals surface area contributed by atoms with Crippen LogP contribution in [0.1, 0.15) is 11.1 Å². The SMILES string of the molecule is OCC#Cc1cc(F)ccc1Cn1cnc2ccccc21. The maximum atomic E-state index is 13.4. The number of fused-ring (bicyclic) bond motifs is 1. The van der Waals surface area contributed by atoms with Gasteiger partial charge in [-0.05, 0) is 29.8 Å². The normalized spacial score (nSPS) is 10.4. The number of aliphatic hydroxyl groups excluding tert-OH is 1. The van der Waals surface area contributed by atoms with E-state index in [1.54, 1.807) is 12.4 Å². The Morgan fingerprint density at radius 1 is 1.19 bits per heavy atom. The van der Waals surface area contributed by atoms with Gasteiger partial charge in [0.05, 0.1) is 23.9 Å². The Kier molecular flexibility index (Phi) is 3.67. The zero-order valence-electron chi connectivity index (χ0n) is 11.3. The van der Waals surface area contributed by atoms with Gasteiger partial charge in [-0.2, -0.15) is 0 Å². The molecule has 21 heavy (non-hydrogen) atoms. The van der Waals surface area contributed by atoms with Crippen LogP contribution < -0.4 is 0 Å². The second-order valence-electron chi connectivity index (χ2n) is 4.62. The van der Waals surface area contributed by atoms with E-state index in [2.05, 4.69) is 16.8 Å². The molecule has 0 aliphatic rings. The van der Waals surface area contributed by atoms with Crippen LogP contribution in [0.2, 0.25) is 0 Å². The zero-order valence-corrected chi connectivity index (χ0v) is 11.3. The fourth-order valence-electron chi connectivity index (χ4n) is 2.26. The van der Waals surface area contributed by atoms with Crippen molar-refractivity contribution in [3.63, 3.8) is 0 Å². The van der Waals surface area contributed by atoms with E-state index in [9.17, 15) is 4.39 Å². The van der Waals surface area contributed by atoms with Crippen LogP contribution >= 0.6 is 0 Å². The molecule has 0 amide bonds. The second kappa shape index (κ2) is 5.78. The third-order valence-corrected chi connectivity index (χ3v) is 3.24.